The lowest BCUT2D eigenvalue weighted by Crippen LogP contribution is -2.33. The van der Waals surface area contributed by atoms with E-state index in [-0.39, 0.29) is 38.2 Å². The zero-order valence-electron chi connectivity index (χ0n) is 32.5. The minimum atomic E-state index is -0.519. The number of terminal acetylenes is 1. The molecular formula is C44H49ClN4O4. The molecule has 0 unspecified atom stereocenters. The Morgan fingerprint density at radius 2 is 1.04 bits per heavy atom. The highest BCUT2D eigenvalue weighted by Crippen LogP contribution is 2.47. The largest absolute Gasteiger partial charge is 0.464 e. The van der Waals surface area contributed by atoms with E-state index in [1.165, 1.54) is 86.9 Å². The van der Waals surface area contributed by atoms with Gasteiger partial charge >= 0.3 is 11.9 Å². The van der Waals surface area contributed by atoms with Gasteiger partial charge in [-0.1, -0.05) is 91.0 Å². The van der Waals surface area contributed by atoms with Gasteiger partial charge in [-0.05, 0) is 99.8 Å². The molecule has 0 radical (unpaired) electrons. The molecule has 0 saturated carbocycles. The van der Waals surface area contributed by atoms with Gasteiger partial charge in [0.25, 0.3) is 0 Å². The van der Waals surface area contributed by atoms with Crippen LogP contribution in [0, 0.1) is 24.2 Å². The van der Waals surface area contributed by atoms with Gasteiger partial charge in [0.1, 0.15) is 10.8 Å². The molecule has 0 spiro atoms. The number of methoxy groups -OCH3 is 2. The summed E-state index contributed by atoms with van der Waals surface area (Å²) in [6, 6.07) is 13.0. The van der Waals surface area contributed by atoms with Crippen molar-refractivity contribution in [3.05, 3.63) is 117 Å². The number of esters is 2. The molecule has 0 saturated heterocycles. The summed E-state index contributed by atoms with van der Waals surface area (Å²) in [7, 11) is 2.59. The van der Waals surface area contributed by atoms with Crippen molar-refractivity contribution in [2.24, 2.45) is 0 Å². The molecule has 6 rings (SSSR count). The second-order valence-corrected chi connectivity index (χ2v) is 16.3. The van der Waals surface area contributed by atoms with E-state index in [0.29, 0.717) is 5.69 Å². The normalized spacial score (nSPS) is 16.5. The first kappa shape index (κ1) is 40.7. The predicted molar refractivity (Wildman–Crippen MR) is 209 cm³/mol. The molecule has 0 amide bonds. The summed E-state index contributed by atoms with van der Waals surface area (Å²) in [5.41, 5.74) is 9.45. The molecule has 8 nitrogen and oxygen atoms in total. The molecule has 53 heavy (non-hydrogen) atoms. The Kier molecular flexibility index (Phi) is 12.5. The minimum Gasteiger partial charge on any atom is -0.464 e. The summed E-state index contributed by atoms with van der Waals surface area (Å²) in [5, 5.41) is 0.248. The highest BCUT2D eigenvalue weighted by molar-refractivity contribution is 6.29. The Morgan fingerprint density at radius 1 is 0.604 bits per heavy atom. The number of benzene rings is 2. The molecule has 2 aliphatic carbocycles. The van der Waals surface area contributed by atoms with Crippen molar-refractivity contribution in [2.75, 3.05) is 14.2 Å². The Hall–Kier alpha value is -5.05. The van der Waals surface area contributed by atoms with Crippen LogP contribution in [0.5, 0.6) is 0 Å². The standard InChI is InChI=1S/C22H24N2O2.C16H20.C6H5ClN2O2/c1-21(2)10-11-22(3,4)18-12-15(7-9-17(18)21)6-8-16-13-24-19(14-23-16)20(25)26-5;1-6-12-7-8-13-14(11-12)16(4,5)10-9-15(13,2)3;1-11-6(10)4-2-9-5(7)3-8-4/h7,9,12-14H,10-11H2,1-5H3;1,7-8,11H,9-10H2,2-5H3;2-3H,1H3. The van der Waals surface area contributed by atoms with Crippen LogP contribution in [0.25, 0.3) is 0 Å². The highest BCUT2D eigenvalue weighted by Gasteiger charge is 2.38. The average molecular weight is 733 g/mol. The van der Waals surface area contributed by atoms with Crippen molar-refractivity contribution in [3.8, 4) is 24.2 Å². The maximum atomic E-state index is 11.4. The van der Waals surface area contributed by atoms with Gasteiger partial charge in [0.05, 0.1) is 39.0 Å². The lowest BCUT2D eigenvalue weighted by atomic mass is 9.63. The molecule has 9 heteroatoms. The van der Waals surface area contributed by atoms with Gasteiger partial charge in [0.2, 0.25) is 0 Å². The van der Waals surface area contributed by atoms with Crippen LogP contribution < -0.4 is 0 Å². The maximum Gasteiger partial charge on any atom is 0.358 e. The number of aromatic nitrogens is 4. The van der Waals surface area contributed by atoms with E-state index in [9.17, 15) is 9.59 Å². The number of hydrogen-bond donors (Lipinski definition) is 0. The van der Waals surface area contributed by atoms with Crippen LogP contribution in [0.15, 0.2) is 61.2 Å². The van der Waals surface area contributed by atoms with E-state index in [4.69, 9.17) is 18.0 Å². The van der Waals surface area contributed by atoms with E-state index >= 15 is 0 Å². The summed E-state index contributed by atoms with van der Waals surface area (Å²) in [6.45, 7) is 18.5. The molecule has 2 aliphatic rings. The smallest absolute Gasteiger partial charge is 0.358 e. The van der Waals surface area contributed by atoms with Gasteiger partial charge < -0.3 is 9.47 Å². The fourth-order valence-corrected chi connectivity index (χ4v) is 6.70. The zero-order chi connectivity index (χ0) is 39.2. The van der Waals surface area contributed by atoms with Crippen molar-refractivity contribution in [2.45, 2.75) is 103 Å². The molecule has 2 aromatic carbocycles. The summed E-state index contributed by atoms with van der Waals surface area (Å²) in [5.74, 6) is 7.91. The fourth-order valence-electron chi connectivity index (χ4n) is 6.61. The Labute approximate surface area is 319 Å². The number of rotatable bonds is 2. The molecule has 2 heterocycles. The zero-order valence-corrected chi connectivity index (χ0v) is 33.2. The first-order valence-corrected chi connectivity index (χ1v) is 18.0. The second kappa shape index (κ2) is 16.3. The van der Waals surface area contributed by atoms with Crippen LogP contribution in [0.1, 0.15) is 141 Å². The van der Waals surface area contributed by atoms with Gasteiger partial charge in [-0.3, -0.25) is 0 Å². The van der Waals surface area contributed by atoms with Crippen molar-refractivity contribution in [1.29, 1.82) is 0 Å². The van der Waals surface area contributed by atoms with Crippen LogP contribution in [0.3, 0.4) is 0 Å². The number of hydrogen-bond acceptors (Lipinski definition) is 8. The average Bonchev–Trinajstić information content (AvgIpc) is 3.15. The molecule has 0 aliphatic heterocycles. The van der Waals surface area contributed by atoms with Crippen molar-refractivity contribution in [3.63, 3.8) is 0 Å². The monoisotopic (exact) mass is 732 g/mol. The molecular weight excluding hydrogens is 684 g/mol. The molecule has 0 atom stereocenters. The number of nitrogens with zero attached hydrogens (tertiary/aromatic N) is 4. The number of ether oxygens (including phenoxy) is 2. The molecule has 0 bridgehead atoms. The van der Waals surface area contributed by atoms with E-state index in [2.05, 4.69) is 139 Å². The van der Waals surface area contributed by atoms with E-state index < -0.39 is 11.9 Å². The van der Waals surface area contributed by atoms with Crippen molar-refractivity contribution < 1.29 is 19.1 Å². The third-order valence-electron chi connectivity index (χ3n) is 10.3. The molecule has 2 aromatic heterocycles. The molecule has 0 fully saturated rings. The number of fused-ring (bicyclic) bond motifs is 2. The summed E-state index contributed by atoms with van der Waals surface area (Å²) in [6.07, 6.45) is 15.8. The van der Waals surface area contributed by atoms with E-state index in [1.807, 2.05) is 0 Å². The van der Waals surface area contributed by atoms with Crippen molar-refractivity contribution in [1.82, 2.24) is 19.9 Å². The summed E-state index contributed by atoms with van der Waals surface area (Å²) < 4.78 is 9.01. The predicted octanol–water partition coefficient (Wildman–Crippen LogP) is 8.95. The SMILES string of the molecule is C#Cc1ccc2c(c1)C(C)(C)CCC2(C)C.COC(=O)c1cnc(C#Cc2ccc3c(c2)C(C)(C)CCC3(C)C)cn1.COC(=O)c1cnc(Cl)cn1. The number of halogens is 1. The van der Waals surface area contributed by atoms with Crippen LogP contribution in [-0.2, 0) is 31.1 Å². The lowest BCUT2D eigenvalue weighted by Gasteiger charge is -2.41. The quantitative estimate of drug-likeness (QED) is 0.149. The lowest BCUT2D eigenvalue weighted by molar-refractivity contribution is 0.0584. The Bertz CT molecular complexity index is 2070. The van der Waals surface area contributed by atoms with Gasteiger partial charge in [0.15, 0.2) is 11.4 Å². The van der Waals surface area contributed by atoms with Crippen molar-refractivity contribution >= 4 is 23.5 Å². The highest BCUT2D eigenvalue weighted by atomic mass is 35.5. The fraction of sp³-hybridized carbons (Fsp3) is 0.409. The third kappa shape index (κ3) is 9.89. The third-order valence-corrected chi connectivity index (χ3v) is 10.5. The Balaban J connectivity index is 0.000000197. The Morgan fingerprint density at radius 3 is 1.45 bits per heavy atom. The van der Waals surface area contributed by atoms with Gasteiger partial charge in [-0.25, -0.2) is 29.5 Å². The molecule has 4 aromatic rings. The maximum absolute atomic E-state index is 11.4. The second-order valence-electron chi connectivity index (χ2n) is 15.9. The number of carbonyl (C=O) groups is 2. The van der Waals surface area contributed by atoms with E-state index in [0.717, 1.165) is 11.1 Å². The minimum absolute atomic E-state index is 0.150. The number of carbonyl (C=O) groups excluding carboxylic acids is 2. The van der Waals surface area contributed by atoms with Gasteiger partial charge in [-0.15, -0.1) is 6.42 Å². The summed E-state index contributed by atoms with van der Waals surface area (Å²) >= 11 is 5.43. The first-order chi connectivity index (χ1) is 24.8. The van der Waals surface area contributed by atoms with E-state index in [1.54, 1.807) is 0 Å². The van der Waals surface area contributed by atoms with Crippen LogP contribution in [0.4, 0.5) is 0 Å². The van der Waals surface area contributed by atoms with Gasteiger partial charge in [0, 0.05) is 11.1 Å². The van der Waals surface area contributed by atoms with Crippen LogP contribution >= 0.6 is 11.6 Å². The molecule has 276 valence electrons. The van der Waals surface area contributed by atoms with Crippen LogP contribution in [0.2, 0.25) is 5.15 Å². The summed E-state index contributed by atoms with van der Waals surface area (Å²) in [4.78, 5) is 37.7. The first-order valence-electron chi connectivity index (χ1n) is 17.6. The van der Waals surface area contributed by atoms with Gasteiger partial charge in [-0.2, -0.15) is 0 Å². The topological polar surface area (TPSA) is 104 Å². The molecule has 0 N–H and O–H groups in total. The van der Waals surface area contributed by atoms with Crippen LogP contribution in [-0.4, -0.2) is 46.1 Å².